The normalized spacial score (nSPS) is 10.7. The van der Waals surface area contributed by atoms with E-state index >= 15 is 0 Å². The summed E-state index contributed by atoms with van der Waals surface area (Å²) < 4.78 is 11.6. The predicted molar refractivity (Wildman–Crippen MR) is 123 cm³/mol. The monoisotopic (exact) mass is 480 g/mol. The van der Waals surface area contributed by atoms with Crippen LogP contribution in [0, 0.1) is 13.8 Å². The van der Waals surface area contributed by atoms with Gasteiger partial charge in [0.05, 0.1) is 11.8 Å². The lowest BCUT2D eigenvalue weighted by atomic mass is 10.1. The molecule has 0 aromatic heterocycles. The van der Waals surface area contributed by atoms with Crippen LogP contribution >= 0.6 is 15.9 Å². The number of aryl methyl sites for hydroxylation is 2. The van der Waals surface area contributed by atoms with Gasteiger partial charge in [0.25, 0.3) is 5.91 Å². The Morgan fingerprint density at radius 3 is 2.42 bits per heavy atom. The summed E-state index contributed by atoms with van der Waals surface area (Å²) in [5, 5.41) is 3.92. The van der Waals surface area contributed by atoms with Gasteiger partial charge in [-0.1, -0.05) is 28.1 Å². The minimum absolute atomic E-state index is 0.135. The summed E-state index contributed by atoms with van der Waals surface area (Å²) in [6.07, 6.45) is 1.49. The zero-order valence-electron chi connectivity index (χ0n) is 17.1. The molecule has 0 heterocycles. The average molecular weight is 481 g/mol. The molecule has 0 fully saturated rings. The number of carbonyl (C=O) groups excluding carboxylic acids is 2. The van der Waals surface area contributed by atoms with E-state index in [2.05, 4.69) is 26.5 Å². The lowest BCUT2D eigenvalue weighted by Gasteiger charge is -2.07. The van der Waals surface area contributed by atoms with E-state index in [4.69, 9.17) is 9.47 Å². The molecule has 31 heavy (non-hydrogen) atoms. The van der Waals surface area contributed by atoms with Gasteiger partial charge in [-0.2, -0.15) is 5.10 Å². The Morgan fingerprint density at radius 1 is 0.968 bits per heavy atom. The Hall–Kier alpha value is -3.45. The maximum Gasteiger partial charge on any atom is 0.343 e. The molecule has 0 saturated carbocycles. The fourth-order valence-corrected chi connectivity index (χ4v) is 2.97. The van der Waals surface area contributed by atoms with E-state index in [0.29, 0.717) is 17.1 Å². The van der Waals surface area contributed by atoms with Crippen LogP contribution in [0.5, 0.6) is 11.5 Å². The zero-order chi connectivity index (χ0) is 22.2. The first-order valence-electron chi connectivity index (χ1n) is 9.50. The van der Waals surface area contributed by atoms with Crippen LogP contribution in [0.1, 0.15) is 27.0 Å². The highest BCUT2D eigenvalue weighted by Gasteiger charge is 2.08. The topological polar surface area (TPSA) is 77.0 Å². The molecule has 7 heteroatoms. The van der Waals surface area contributed by atoms with Crippen molar-refractivity contribution in [2.24, 2.45) is 5.10 Å². The van der Waals surface area contributed by atoms with Crippen LogP contribution in [0.25, 0.3) is 0 Å². The highest BCUT2D eigenvalue weighted by atomic mass is 79.9. The molecule has 3 rings (SSSR count). The molecule has 0 unspecified atom stereocenters. The van der Waals surface area contributed by atoms with Crippen LogP contribution in [0.4, 0.5) is 0 Å². The number of hydrogen-bond donors (Lipinski definition) is 1. The highest BCUT2D eigenvalue weighted by molar-refractivity contribution is 9.10. The van der Waals surface area contributed by atoms with E-state index in [1.54, 1.807) is 42.5 Å². The Balaban J connectivity index is 1.47. The van der Waals surface area contributed by atoms with Crippen LogP contribution in [-0.4, -0.2) is 24.7 Å². The Bertz CT molecular complexity index is 1110. The van der Waals surface area contributed by atoms with Gasteiger partial charge < -0.3 is 9.47 Å². The van der Waals surface area contributed by atoms with Gasteiger partial charge in [-0.3, -0.25) is 4.79 Å². The number of rotatable bonds is 7. The molecular formula is C24H21BrN2O4. The summed E-state index contributed by atoms with van der Waals surface area (Å²) in [6.45, 7) is 3.86. The lowest BCUT2D eigenvalue weighted by Crippen LogP contribution is -2.24. The second kappa shape index (κ2) is 10.5. The first kappa shape index (κ1) is 22.2. The molecule has 0 aliphatic rings. The number of ether oxygens (including phenoxy) is 2. The molecule has 1 amide bonds. The van der Waals surface area contributed by atoms with Crippen LogP contribution in [0.15, 0.2) is 76.3 Å². The molecule has 158 valence electrons. The molecule has 3 aromatic carbocycles. The molecule has 0 spiro atoms. The number of halogens is 1. The van der Waals surface area contributed by atoms with Gasteiger partial charge in [0.15, 0.2) is 6.61 Å². The Morgan fingerprint density at radius 2 is 1.71 bits per heavy atom. The number of benzene rings is 3. The van der Waals surface area contributed by atoms with Crippen molar-refractivity contribution in [3.63, 3.8) is 0 Å². The molecule has 0 saturated heterocycles. The number of nitrogens with zero attached hydrogens (tertiary/aromatic N) is 1. The zero-order valence-corrected chi connectivity index (χ0v) is 18.7. The van der Waals surface area contributed by atoms with Gasteiger partial charge in [0, 0.05) is 4.47 Å². The molecule has 0 bridgehead atoms. The van der Waals surface area contributed by atoms with Gasteiger partial charge in [0.1, 0.15) is 11.5 Å². The Labute approximate surface area is 189 Å². The Kier molecular flexibility index (Phi) is 7.56. The number of hydrogen-bond acceptors (Lipinski definition) is 5. The second-order valence-corrected chi connectivity index (χ2v) is 7.71. The molecule has 0 atom stereocenters. The molecule has 3 aromatic rings. The molecule has 0 aliphatic carbocycles. The summed E-state index contributed by atoms with van der Waals surface area (Å²) >= 11 is 3.33. The lowest BCUT2D eigenvalue weighted by molar-refractivity contribution is -0.123. The van der Waals surface area contributed by atoms with E-state index in [-0.39, 0.29) is 12.5 Å². The van der Waals surface area contributed by atoms with Gasteiger partial charge in [-0.25, -0.2) is 10.2 Å². The fraction of sp³-hybridized carbons (Fsp3) is 0.125. The summed E-state index contributed by atoms with van der Waals surface area (Å²) in [7, 11) is 0. The van der Waals surface area contributed by atoms with Crippen molar-refractivity contribution >= 4 is 34.0 Å². The van der Waals surface area contributed by atoms with Crippen molar-refractivity contribution < 1.29 is 19.1 Å². The SMILES string of the molecule is Cc1ccc(OCC(=O)N/N=C\c2ccc(OC(=O)c3cccc(Br)c3)cc2)cc1C. The smallest absolute Gasteiger partial charge is 0.343 e. The third-order valence-electron chi connectivity index (χ3n) is 4.40. The third kappa shape index (κ3) is 6.79. The fourth-order valence-electron chi connectivity index (χ4n) is 2.57. The van der Waals surface area contributed by atoms with Crippen molar-refractivity contribution in [3.8, 4) is 11.5 Å². The molecular weight excluding hydrogens is 460 g/mol. The summed E-state index contributed by atoms with van der Waals surface area (Å²) in [5.74, 6) is 0.232. The molecule has 0 aliphatic heterocycles. The molecule has 1 N–H and O–H groups in total. The van der Waals surface area contributed by atoms with Gasteiger partial charge in [0.2, 0.25) is 0 Å². The van der Waals surface area contributed by atoms with Crippen LogP contribution in [0.2, 0.25) is 0 Å². The van der Waals surface area contributed by atoms with Crippen molar-refractivity contribution in [2.45, 2.75) is 13.8 Å². The highest BCUT2D eigenvalue weighted by Crippen LogP contribution is 2.17. The van der Waals surface area contributed by atoms with E-state index in [1.807, 2.05) is 38.1 Å². The number of nitrogens with one attached hydrogen (secondary N) is 1. The first-order valence-corrected chi connectivity index (χ1v) is 10.3. The van der Waals surface area contributed by atoms with Crippen molar-refractivity contribution in [3.05, 3.63) is 93.5 Å². The second-order valence-electron chi connectivity index (χ2n) is 6.80. The average Bonchev–Trinajstić information content (AvgIpc) is 2.76. The van der Waals surface area contributed by atoms with Crippen LogP contribution in [0.3, 0.4) is 0 Å². The minimum Gasteiger partial charge on any atom is -0.484 e. The predicted octanol–water partition coefficient (Wildman–Crippen LogP) is 4.81. The van der Waals surface area contributed by atoms with Crippen LogP contribution < -0.4 is 14.9 Å². The van der Waals surface area contributed by atoms with Crippen molar-refractivity contribution in [1.82, 2.24) is 5.43 Å². The maximum absolute atomic E-state index is 12.2. The first-order chi connectivity index (χ1) is 14.9. The van der Waals surface area contributed by atoms with Crippen molar-refractivity contribution in [1.29, 1.82) is 0 Å². The van der Waals surface area contributed by atoms with E-state index in [0.717, 1.165) is 21.2 Å². The number of hydrazone groups is 1. The number of carbonyl (C=O) groups is 2. The van der Waals surface area contributed by atoms with E-state index in [1.165, 1.54) is 6.21 Å². The standard InChI is InChI=1S/C24H21BrN2O4/c1-16-6-9-22(12-17(16)2)30-15-23(28)27-26-14-18-7-10-21(11-8-18)31-24(29)19-4-3-5-20(25)13-19/h3-14H,15H2,1-2H3,(H,27,28)/b26-14-. The minimum atomic E-state index is -0.446. The molecule has 6 nitrogen and oxygen atoms in total. The van der Waals surface area contributed by atoms with Gasteiger partial charge in [-0.05, 0) is 85.1 Å². The summed E-state index contributed by atoms with van der Waals surface area (Å²) in [6, 6.07) is 19.4. The quantitative estimate of drug-likeness (QED) is 0.227. The summed E-state index contributed by atoms with van der Waals surface area (Å²) in [4.78, 5) is 24.1. The summed E-state index contributed by atoms with van der Waals surface area (Å²) in [5.41, 5.74) is 5.86. The van der Waals surface area contributed by atoms with E-state index < -0.39 is 5.97 Å². The third-order valence-corrected chi connectivity index (χ3v) is 4.90. The van der Waals surface area contributed by atoms with Gasteiger partial charge in [-0.15, -0.1) is 0 Å². The van der Waals surface area contributed by atoms with E-state index in [9.17, 15) is 9.59 Å². The largest absolute Gasteiger partial charge is 0.484 e. The number of esters is 1. The van der Waals surface area contributed by atoms with Crippen molar-refractivity contribution in [2.75, 3.05) is 6.61 Å². The number of amides is 1. The maximum atomic E-state index is 12.2. The molecule has 0 radical (unpaired) electrons. The van der Waals surface area contributed by atoms with Crippen LogP contribution in [-0.2, 0) is 4.79 Å². The van der Waals surface area contributed by atoms with Gasteiger partial charge >= 0.3 is 5.97 Å².